The average Bonchev–Trinajstić information content (AvgIpc) is 2.30. The molecular weight excluding hydrogens is 272 g/mol. The van der Waals surface area contributed by atoms with E-state index >= 15 is 0 Å². The Morgan fingerprint density at radius 3 is 1.45 bits per heavy atom. The number of aromatic nitrogens is 4. The monoisotopic (exact) mass is 280 g/mol. The maximum absolute atomic E-state index is 11.4. The van der Waals surface area contributed by atoms with E-state index in [0.717, 1.165) is 12.1 Å². The maximum atomic E-state index is 11.4. The minimum absolute atomic E-state index is 0.293. The van der Waals surface area contributed by atoms with Crippen molar-refractivity contribution >= 4 is 11.6 Å². The molecule has 0 saturated carbocycles. The first-order chi connectivity index (χ1) is 9.38. The minimum atomic E-state index is -0.949. The zero-order chi connectivity index (χ0) is 14.9. The van der Waals surface area contributed by atoms with Crippen LogP contribution in [0.25, 0.3) is 0 Å². The molecule has 6 N–H and O–H groups in total. The average molecular weight is 280 g/mol. The molecule has 20 heavy (non-hydrogen) atoms. The van der Waals surface area contributed by atoms with Crippen LogP contribution in [0.5, 0.6) is 0 Å². The summed E-state index contributed by atoms with van der Waals surface area (Å²) in [4.78, 5) is 48.5. The molecule has 104 valence electrons. The SMILES string of the molecule is Nc1cc(=O)[nH]c(=O)n1/N=N/n1c(N)cc(=O)[nH]c1=O. The van der Waals surface area contributed by atoms with Crippen molar-refractivity contribution in [3.63, 3.8) is 0 Å². The number of H-pyrrole nitrogens is 2. The maximum Gasteiger partial charge on any atom is 0.352 e. The van der Waals surface area contributed by atoms with Gasteiger partial charge in [-0.1, -0.05) is 0 Å². The molecule has 0 unspecified atom stereocenters. The second kappa shape index (κ2) is 4.68. The molecule has 0 saturated heterocycles. The van der Waals surface area contributed by atoms with Gasteiger partial charge in [-0.05, 0) is 10.4 Å². The van der Waals surface area contributed by atoms with Crippen molar-refractivity contribution in [2.75, 3.05) is 11.5 Å². The van der Waals surface area contributed by atoms with Crippen molar-refractivity contribution in [2.45, 2.75) is 0 Å². The molecule has 0 aromatic carbocycles. The van der Waals surface area contributed by atoms with Crippen molar-refractivity contribution in [1.29, 1.82) is 0 Å². The molecule has 0 radical (unpaired) electrons. The summed E-state index contributed by atoms with van der Waals surface area (Å²) in [6.07, 6.45) is 0. The molecule has 0 aliphatic rings. The molecule has 0 spiro atoms. The fourth-order valence-corrected chi connectivity index (χ4v) is 1.28. The Hall–Kier alpha value is -3.44. The lowest BCUT2D eigenvalue weighted by molar-refractivity contribution is 0.637. The lowest BCUT2D eigenvalue weighted by Gasteiger charge is -2.01. The van der Waals surface area contributed by atoms with Crippen LogP contribution < -0.4 is 34.0 Å². The molecule has 0 aliphatic heterocycles. The van der Waals surface area contributed by atoms with Crippen LogP contribution >= 0.6 is 0 Å². The molecular formula is C8H8N8O4. The normalized spacial score (nSPS) is 11.0. The van der Waals surface area contributed by atoms with E-state index in [4.69, 9.17) is 11.5 Å². The lowest BCUT2D eigenvalue weighted by atomic mass is 10.6. The first-order valence-electron chi connectivity index (χ1n) is 5.04. The van der Waals surface area contributed by atoms with Crippen LogP contribution in [0.4, 0.5) is 11.6 Å². The number of nitrogens with two attached hydrogens (primary N) is 2. The van der Waals surface area contributed by atoms with Gasteiger partial charge in [-0.2, -0.15) is 0 Å². The van der Waals surface area contributed by atoms with E-state index in [0.29, 0.717) is 9.35 Å². The molecule has 12 heteroatoms. The fourth-order valence-electron chi connectivity index (χ4n) is 1.28. The quantitative estimate of drug-likeness (QED) is 0.431. The standard InChI is InChI=1S/C8H8N8O4/c9-3-1-5(17)11-7(19)15(3)13-14-16-4(10)2-6(18)12-8(16)20/h1-2H,9-10H2,(H,11,17,19)(H,12,18,20)/b14-13+. The number of rotatable bonds is 2. The first kappa shape index (κ1) is 13.0. The van der Waals surface area contributed by atoms with Gasteiger partial charge in [0.25, 0.3) is 11.1 Å². The summed E-state index contributed by atoms with van der Waals surface area (Å²) in [6.45, 7) is 0. The zero-order valence-corrected chi connectivity index (χ0v) is 9.73. The summed E-state index contributed by atoms with van der Waals surface area (Å²) in [5.41, 5.74) is 7.48. The molecule has 0 bridgehead atoms. The van der Waals surface area contributed by atoms with Crippen molar-refractivity contribution in [1.82, 2.24) is 19.3 Å². The second-order valence-corrected chi connectivity index (χ2v) is 3.53. The van der Waals surface area contributed by atoms with E-state index in [1.165, 1.54) is 0 Å². The first-order valence-corrected chi connectivity index (χ1v) is 5.04. The van der Waals surface area contributed by atoms with Crippen LogP contribution in [0.15, 0.2) is 41.8 Å². The lowest BCUT2D eigenvalue weighted by Crippen LogP contribution is -2.31. The number of aromatic amines is 2. The number of hydrogen-bond donors (Lipinski definition) is 4. The van der Waals surface area contributed by atoms with Gasteiger partial charge in [0, 0.05) is 12.1 Å². The van der Waals surface area contributed by atoms with Crippen molar-refractivity contribution in [3.8, 4) is 0 Å². The molecule has 2 aromatic rings. The van der Waals surface area contributed by atoms with Gasteiger partial charge in [-0.3, -0.25) is 19.6 Å². The van der Waals surface area contributed by atoms with E-state index in [1.807, 2.05) is 9.97 Å². The third kappa shape index (κ3) is 2.38. The summed E-state index contributed by atoms with van der Waals surface area (Å²) in [6, 6.07) is 1.80. The van der Waals surface area contributed by atoms with Gasteiger partial charge in [0.05, 0.1) is 0 Å². The molecule has 2 rings (SSSR count). The summed E-state index contributed by atoms with van der Waals surface area (Å²) >= 11 is 0. The van der Waals surface area contributed by atoms with Crippen molar-refractivity contribution < 1.29 is 0 Å². The van der Waals surface area contributed by atoms with Crippen LogP contribution in [-0.2, 0) is 0 Å². The Balaban J connectivity index is 2.56. The third-order valence-electron chi connectivity index (χ3n) is 2.11. The summed E-state index contributed by atoms with van der Waals surface area (Å²) in [7, 11) is 0. The van der Waals surface area contributed by atoms with Gasteiger partial charge in [-0.25, -0.2) is 9.59 Å². The number of nitrogens with one attached hydrogen (secondary N) is 2. The van der Waals surface area contributed by atoms with Crippen LogP contribution in [0.1, 0.15) is 0 Å². The van der Waals surface area contributed by atoms with Gasteiger partial charge in [0.1, 0.15) is 11.6 Å². The number of anilines is 2. The van der Waals surface area contributed by atoms with E-state index in [1.54, 1.807) is 0 Å². The molecule has 0 amide bonds. The predicted molar refractivity (Wildman–Crippen MR) is 67.1 cm³/mol. The highest BCUT2D eigenvalue weighted by Crippen LogP contribution is 1.96. The molecule has 12 nitrogen and oxygen atoms in total. The minimum Gasteiger partial charge on any atom is -0.383 e. The van der Waals surface area contributed by atoms with Gasteiger partial charge < -0.3 is 11.5 Å². The van der Waals surface area contributed by atoms with Crippen LogP contribution in [-0.4, -0.2) is 19.3 Å². The number of nitrogen functional groups attached to an aromatic ring is 2. The van der Waals surface area contributed by atoms with E-state index < -0.39 is 22.5 Å². The molecule has 2 aromatic heterocycles. The van der Waals surface area contributed by atoms with Gasteiger partial charge in [0.15, 0.2) is 0 Å². The van der Waals surface area contributed by atoms with Crippen molar-refractivity contribution in [2.24, 2.45) is 10.4 Å². The Kier molecular flexibility index (Phi) is 3.04. The van der Waals surface area contributed by atoms with Crippen molar-refractivity contribution in [3.05, 3.63) is 53.8 Å². The van der Waals surface area contributed by atoms with Crippen LogP contribution in [0.2, 0.25) is 0 Å². The van der Waals surface area contributed by atoms with Crippen LogP contribution in [0, 0.1) is 0 Å². The Morgan fingerprint density at radius 1 is 0.800 bits per heavy atom. The highest BCUT2D eigenvalue weighted by molar-refractivity contribution is 5.26. The Bertz CT molecular complexity index is 838. The Labute approximate surface area is 107 Å². The summed E-state index contributed by atoms with van der Waals surface area (Å²) in [5, 5.41) is 6.73. The number of nitrogens with zero attached hydrogens (tertiary/aromatic N) is 4. The largest absolute Gasteiger partial charge is 0.383 e. The predicted octanol–water partition coefficient (Wildman–Crippen LogP) is -2.77. The second-order valence-electron chi connectivity index (χ2n) is 3.53. The highest BCUT2D eigenvalue weighted by atomic mass is 16.2. The molecule has 0 atom stereocenters. The van der Waals surface area contributed by atoms with E-state index in [-0.39, 0.29) is 11.6 Å². The fraction of sp³-hybridized carbons (Fsp3) is 0. The summed E-state index contributed by atoms with van der Waals surface area (Å²) < 4.78 is 1.08. The highest BCUT2D eigenvalue weighted by Gasteiger charge is 2.04. The smallest absolute Gasteiger partial charge is 0.352 e. The number of hydrogen-bond acceptors (Lipinski definition) is 8. The van der Waals surface area contributed by atoms with E-state index in [9.17, 15) is 19.2 Å². The molecule has 0 aliphatic carbocycles. The molecule has 2 heterocycles. The van der Waals surface area contributed by atoms with Gasteiger partial charge in [0.2, 0.25) is 0 Å². The van der Waals surface area contributed by atoms with Crippen LogP contribution in [0.3, 0.4) is 0 Å². The van der Waals surface area contributed by atoms with Gasteiger partial charge in [-0.15, -0.1) is 9.35 Å². The third-order valence-corrected chi connectivity index (χ3v) is 2.11. The molecule has 0 fully saturated rings. The Morgan fingerprint density at radius 2 is 1.15 bits per heavy atom. The van der Waals surface area contributed by atoms with Gasteiger partial charge >= 0.3 is 11.4 Å². The zero-order valence-electron chi connectivity index (χ0n) is 9.73. The summed E-state index contributed by atoms with van der Waals surface area (Å²) in [5.74, 6) is -0.586. The van der Waals surface area contributed by atoms with E-state index in [2.05, 4.69) is 10.4 Å². The topological polar surface area (TPSA) is 186 Å².